The largest absolute Gasteiger partial charge is 0.480 e. The van der Waals surface area contributed by atoms with Crippen LogP contribution in [0.2, 0.25) is 0 Å². The first kappa shape index (κ1) is 15.1. The molecule has 4 heteroatoms. The standard InChI is InChI=1S/C14H21NO2S/c1-10(2)6-11-4-3-5-12(7-11)8-18-9-13(15)14(16)17/h3-5,7,10,13H,6,8-9,15H2,1-2H3,(H,16,17)/t13-/m0/s1. The first-order chi connectivity index (χ1) is 8.49. The first-order valence-electron chi connectivity index (χ1n) is 6.13. The smallest absolute Gasteiger partial charge is 0.321 e. The summed E-state index contributed by atoms with van der Waals surface area (Å²) in [5.74, 6) is 0.973. The highest BCUT2D eigenvalue weighted by Crippen LogP contribution is 2.16. The number of nitrogens with two attached hydrogens (primary N) is 1. The minimum Gasteiger partial charge on any atom is -0.480 e. The Morgan fingerprint density at radius 1 is 1.39 bits per heavy atom. The van der Waals surface area contributed by atoms with E-state index in [1.807, 2.05) is 0 Å². The zero-order valence-electron chi connectivity index (χ0n) is 10.9. The van der Waals surface area contributed by atoms with Gasteiger partial charge in [0.25, 0.3) is 0 Å². The fraction of sp³-hybridized carbons (Fsp3) is 0.500. The molecule has 1 atom stereocenters. The van der Waals surface area contributed by atoms with Gasteiger partial charge in [0.2, 0.25) is 0 Å². The van der Waals surface area contributed by atoms with Gasteiger partial charge in [0.15, 0.2) is 0 Å². The van der Waals surface area contributed by atoms with E-state index in [0.717, 1.165) is 12.2 Å². The van der Waals surface area contributed by atoms with Gasteiger partial charge >= 0.3 is 5.97 Å². The van der Waals surface area contributed by atoms with Crippen LogP contribution in [0.5, 0.6) is 0 Å². The van der Waals surface area contributed by atoms with Crippen molar-refractivity contribution >= 4 is 17.7 Å². The summed E-state index contributed by atoms with van der Waals surface area (Å²) in [5, 5.41) is 8.68. The molecule has 0 aliphatic heterocycles. The maximum atomic E-state index is 10.6. The van der Waals surface area contributed by atoms with Crippen molar-refractivity contribution in [2.75, 3.05) is 5.75 Å². The van der Waals surface area contributed by atoms with Crippen LogP contribution in [0, 0.1) is 5.92 Å². The molecule has 1 aromatic rings. The van der Waals surface area contributed by atoms with Crippen LogP contribution in [-0.2, 0) is 17.0 Å². The lowest BCUT2D eigenvalue weighted by molar-refractivity contribution is -0.137. The summed E-state index contributed by atoms with van der Waals surface area (Å²) >= 11 is 1.56. The molecule has 0 aliphatic rings. The van der Waals surface area contributed by atoms with E-state index in [9.17, 15) is 4.79 Å². The molecule has 0 bridgehead atoms. The molecule has 0 aromatic heterocycles. The maximum absolute atomic E-state index is 10.6. The highest BCUT2D eigenvalue weighted by molar-refractivity contribution is 7.98. The fourth-order valence-corrected chi connectivity index (χ4v) is 2.62. The lowest BCUT2D eigenvalue weighted by Gasteiger charge is -2.09. The number of hydrogen-bond donors (Lipinski definition) is 2. The molecule has 18 heavy (non-hydrogen) atoms. The normalized spacial score (nSPS) is 12.7. The second-order valence-electron chi connectivity index (χ2n) is 4.88. The van der Waals surface area contributed by atoms with Crippen molar-refractivity contribution < 1.29 is 9.90 Å². The van der Waals surface area contributed by atoms with Gasteiger partial charge < -0.3 is 10.8 Å². The third kappa shape index (κ3) is 5.56. The van der Waals surface area contributed by atoms with Gasteiger partial charge in [-0.25, -0.2) is 0 Å². The molecular weight excluding hydrogens is 246 g/mol. The number of rotatable bonds is 7. The average Bonchev–Trinajstić information content (AvgIpc) is 2.28. The summed E-state index contributed by atoms with van der Waals surface area (Å²) in [4.78, 5) is 10.6. The predicted molar refractivity (Wildman–Crippen MR) is 76.8 cm³/mol. The van der Waals surface area contributed by atoms with E-state index in [0.29, 0.717) is 11.7 Å². The Morgan fingerprint density at radius 2 is 2.06 bits per heavy atom. The van der Waals surface area contributed by atoms with Crippen molar-refractivity contribution in [3.63, 3.8) is 0 Å². The zero-order valence-corrected chi connectivity index (χ0v) is 11.7. The maximum Gasteiger partial charge on any atom is 0.321 e. The number of carbonyl (C=O) groups is 1. The monoisotopic (exact) mass is 267 g/mol. The summed E-state index contributed by atoms with van der Waals surface area (Å²) in [6.45, 7) is 4.40. The van der Waals surface area contributed by atoms with Crippen molar-refractivity contribution in [1.82, 2.24) is 0 Å². The second-order valence-corrected chi connectivity index (χ2v) is 5.91. The number of aliphatic carboxylic acids is 1. The Morgan fingerprint density at radius 3 is 2.67 bits per heavy atom. The minimum atomic E-state index is -0.934. The SMILES string of the molecule is CC(C)Cc1cccc(CSC[C@H](N)C(=O)O)c1. The third-order valence-electron chi connectivity index (χ3n) is 2.52. The Hall–Kier alpha value is -1.00. The number of benzene rings is 1. The van der Waals surface area contributed by atoms with E-state index in [1.54, 1.807) is 11.8 Å². The van der Waals surface area contributed by atoms with Gasteiger partial charge in [0.05, 0.1) is 0 Å². The molecule has 3 nitrogen and oxygen atoms in total. The highest BCUT2D eigenvalue weighted by Gasteiger charge is 2.10. The Labute approximate surface area is 113 Å². The van der Waals surface area contributed by atoms with Crippen molar-refractivity contribution in [2.24, 2.45) is 11.7 Å². The molecule has 0 spiro atoms. The molecular formula is C14H21NO2S. The van der Waals surface area contributed by atoms with Crippen molar-refractivity contribution in [1.29, 1.82) is 0 Å². The van der Waals surface area contributed by atoms with E-state index in [1.165, 1.54) is 11.1 Å². The van der Waals surface area contributed by atoms with E-state index in [2.05, 4.69) is 38.1 Å². The quantitative estimate of drug-likeness (QED) is 0.797. The Bertz CT molecular complexity index is 393. The Kier molecular flexibility index (Phi) is 6.22. The van der Waals surface area contributed by atoms with E-state index < -0.39 is 12.0 Å². The van der Waals surface area contributed by atoms with Gasteiger partial charge in [-0.05, 0) is 23.5 Å². The van der Waals surface area contributed by atoms with Gasteiger partial charge in [-0.2, -0.15) is 11.8 Å². The summed E-state index contributed by atoms with van der Waals surface area (Å²) in [5.41, 5.74) is 8.03. The molecule has 0 saturated carbocycles. The summed E-state index contributed by atoms with van der Waals surface area (Å²) in [6, 6.07) is 7.69. The molecule has 0 unspecified atom stereocenters. The van der Waals surface area contributed by atoms with Crippen LogP contribution >= 0.6 is 11.8 Å². The second kappa shape index (κ2) is 7.44. The van der Waals surface area contributed by atoms with E-state index in [4.69, 9.17) is 10.8 Å². The summed E-state index contributed by atoms with van der Waals surface area (Å²) in [7, 11) is 0. The fourth-order valence-electron chi connectivity index (χ4n) is 1.69. The van der Waals surface area contributed by atoms with Crippen LogP contribution in [0.25, 0.3) is 0 Å². The summed E-state index contributed by atoms with van der Waals surface area (Å²) in [6.07, 6.45) is 1.08. The van der Waals surface area contributed by atoms with Crippen LogP contribution in [-0.4, -0.2) is 22.9 Å². The van der Waals surface area contributed by atoms with Crippen molar-refractivity contribution in [3.8, 4) is 0 Å². The van der Waals surface area contributed by atoms with Crippen LogP contribution in [0.4, 0.5) is 0 Å². The lowest BCUT2D eigenvalue weighted by atomic mass is 10.0. The van der Waals surface area contributed by atoms with Gasteiger partial charge in [0, 0.05) is 11.5 Å². The molecule has 0 radical (unpaired) electrons. The third-order valence-corrected chi connectivity index (χ3v) is 3.65. The van der Waals surface area contributed by atoms with Crippen LogP contribution in [0.15, 0.2) is 24.3 Å². The van der Waals surface area contributed by atoms with Crippen molar-refractivity contribution in [3.05, 3.63) is 35.4 Å². The zero-order chi connectivity index (χ0) is 13.5. The molecule has 1 aromatic carbocycles. The molecule has 0 fully saturated rings. The van der Waals surface area contributed by atoms with Crippen molar-refractivity contribution in [2.45, 2.75) is 32.1 Å². The molecule has 0 heterocycles. The molecule has 1 rings (SSSR count). The lowest BCUT2D eigenvalue weighted by Crippen LogP contribution is -2.32. The van der Waals surface area contributed by atoms with Crippen LogP contribution < -0.4 is 5.73 Å². The number of carboxylic acid groups (broad SMARTS) is 1. The minimum absolute atomic E-state index is 0.448. The average molecular weight is 267 g/mol. The molecule has 0 amide bonds. The summed E-state index contributed by atoms with van der Waals surface area (Å²) < 4.78 is 0. The Balaban J connectivity index is 2.45. The first-order valence-corrected chi connectivity index (χ1v) is 7.28. The van der Waals surface area contributed by atoms with Gasteiger partial charge in [-0.15, -0.1) is 0 Å². The van der Waals surface area contributed by atoms with Crippen LogP contribution in [0.1, 0.15) is 25.0 Å². The van der Waals surface area contributed by atoms with E-state index in [-0.39, 0.29) is 0 Å². The number of carboxylic acids is 1. The topological polar surface area (TPSA) is 63.3 Å². The molecule has 100 valence electrons. The number of thioether (sulfide) groups is 1. The highest BCUT2D eigenvalue weighted by atomic mass is 32.2. The molecule has 0 aliphatic carbocycles. The van der Waals surface area contributed by atoms with Gasteiger partial charge in [-0.3, -0.25) is 4.79 Å². The van der Waals surface area contributed by atoms with Gasteiger partial charge in [0.1, 0.15) is 6.04 Å². The molecule has 0 saturated heterocycles. The number of hydrogen-bond acceptors (Lipinski definition) is 3. The predicted octanol–water partition coefficient (Wildman–Crippen LogP) is 2.53. The van der Waals surface area contributed by atoms with Gasteiger partial charge in [-0.1, -0.05) is 38.1 Å². The van der Waals surface area contributed by atoms with Crippen LogP contribution in [0.3, 0.4) is 0 Å². The molecule has 3 N–H and O–H groups in total. The van der Waals surface area contributed by atoms with E-state index >= 15 is 0 Å².